The molecule has 0 aromatic heterocycles. The number of hydrogen-bond donors (Lipinski definition) is 0. The van der Waals surface area contributed by atoms with Crippen molar-refractivity contribution in [2.24, 2.45) is 0 Å². The summed E-state index contributed by atoms with van der Waals surface area (Å²) in [6.07, 6.45) is 4.08. The largest absolute Gasteiger partial charge is 0.462 e. The second-order valence-electron chi connectivity index (χ2n) is 3.66. The first-order chi connectivity index (χ1) is 7.11. The molecule has 2 atom stereocenters. The maximum atomic E-state index is 11.0. The van der Waals surface area contributed by atoms with Crippen molar-refractivity contribution in [3.8, 4) is 0 Å². The highest BCUT2D eigenvalue weighted by molar-refractivity contribution is 5.81. The van der Waals surface area contributed by atoms with Gasteiger partial charge in [0.2, 0.25) is 0 Å². The molecule has 0 saturated heterocycles. The van der Waals surface area contributed by atoms with Crippen LogP contribution in [-0.2, 0) is 19.1 Å². The van der Waals surface area contributed by atoms with Gasteiger partial charge in [-0.2, -0.15) is 0 Å². The Kier molecular flexibility index (Phi) is 4.34. The van der Waals surface area contributed by atoms with Crippen molar-refractivity contribution in [2.75, 3.05) is 0 Å². The zero-order valence-electron chi connectivity index (χ0n) is 8.90. The zero-order valence-corrected chi connectivity index (χ0v) is 8.90. The second-order valence-corrected chi connectivity index (χ2v) is 3.66. The van der Waals surface area contributed by atoms with Crippen molar-refractivity contribution in [1.82, 2.24) is 0 Å². The molecular weight excluding hydrogens is 196 g/mol. The molecule has 0 aliphatic heterocycles. The molecule has 0 radical (unpaired) electrons. The Labute approximate surface area is 89.2 Å². The van der Waals surface area contributed by atoms with Gasteiger partial charge in [-0.15, -0.1) is 0 Å². The molecule has 0 aromatic carbocycles. The number of hydrogen-bond acceptors (Lipinski definition) is 4. The Balaban J connectivity index is 2.38. The van der Waals surface area contributed by atoms with Gasteiger partial charge in [-0.25, -0.2) is 4.79 Å². The number of ether oxygens (including phenoxy) is 2. The van der Waals surface area contributed by atoms with Crippen LogP contribution >= 0.6 is 0 Å². The Bertz CT molecular complexity index is 259. The molecule has 0 heterocycles. The second kappa shape index (κ2) is 5.53. The molecule has 0 aromatic rings. The Hall–Kier alpha value is -1.32. The van der Waals surface area contributed by atoms with Crippen LogP contribution in [0.4, 0.5) is 0 Å². The third-order valence-electron chi connectivity index (χ3n) is 2.36. The molecule has 0 spiro atoms. The fraction of sp³-hybridized carbons (Fsp3) is 0.636. The van der Waals surface area contributed by atoms with E-state index in [4.69, 9.17) is 9.47 Å². The van der Waals surface area contributed by atoms with E-state index in [1.54, 1.807) is 0 Å². The average Bonchev–Trinajstić information content (AvgIpc) is 2.17. The van der Waals surface area contributed by atoms with Crippen molar-refractivity contribution >= 4 is 11.9 Å². The van der Waals surface area contributed by atoms with Gasteiger partial charge in [0.15, 0.2) is 0 Å². The van der Waals surface area contributed by atoms with E-state index in [0.29, 0.717) is 6.42 Å². The van der Waals surface area contributed by atoms with Gasteiger partial charge < -0.3 is 9.47 Å². The molecule has 4 nitrogen and oxygen atoms in total. The molecule has 84 valence electrons. The van der Waals surface area contributed by atoms with Gasteiger partial charge in [0.05, 0.1) is 0 Å². The maximum absolute atomic E-state index is 11.0. The summed E-state index contributed by atoms with van der Waals surface area (Å²) < 4.78 is 10.2. The molecule has 1 rings (SSSR count). The van der Waals surface area contributed by atoms with E-state index in [0.717, 1.165) is 25.3 Å². The lowest BCUT2D eigenvalue weighted by Crippen LogP contribution is -2.30. The van der Waals surface area contributed by atoms with E-state index >= 15 is 0 Å². The Morgan fingerprint density at radius 3 is 2.40 bits per heavy atom. The van der Waals surface area contributed by atoms with Gasteiger partial charge >= 0.3 is 11.9 Å². The Morgan fingerprint density at radius 2 is 1.87 bits per heavy atom. The monoisotopic (exact) mass is 212 g/mol. The van der Waals surface area contributed by atoms with Crippen LogP contribution < -0.4 is 0 Å². The van der Waals surface area contributed by atoms with E-state index in [1.165, 1.54) is 6.92 Å². The van der Waals surface area contributed by atoms with Crippen molar-refractivity contribution < 1.29 is 19.1 Å². The molecule has 1 saturated carbocycles. The van der Waals surface area contributed by atoms with Gasteiger partial charge in [-0.05, 0) is 19.3 Å². The minimum Gasteiger partial charge on any atom is -0.462 e. The van der Waals surface area contributed by atoms with Crippen LogP contribution in [0.1, 0.15) is 32.6 Å². The summed E-state index contributed by atoms with van der Waals surface area (Å²) in [6, 6.07) is 0. The lowest BCUT2D eigenvalue weighted by Gasteiger charge is -2.27. The lowest BCUT2D eigenvalue weighted by molar-refractivity contribution is -0.154. The third-order valence-corrected chi connectivity index (χ3v) is 2.36. The SMILES string of the molecule is C=CC(=O)OC1CCCC(OC(C)=O)C1. The molecule has 4 heteroatoms. The fourth-order valence-electron chi connectivity index (χ4n) is 1.76. The fourth-order valence-corrected chi connectivity index (χ4v) is 1.76. The van der Waals surface area contributed by atoms with Crippen LogP contribution in [0.15, 0.2) is 12.7 Å². The zero-order chi connectivity index (χ0) is 11.3. The maximum Gasteiger partial charge on any atom is 0.330 e. The van der Waals surface area contributed by atoms with Crippen molar-refractivity contribution in [2.45, 2.75) is 44.8 Å². The van der Waals surface area contributed by atoms with Crippen LogP contribution in [0.5, 0.6) is 0 Å². The summed E-state index contributed by atoms with van der Waals surface area (Å²) in [5.74, 6) is -0.695. The highest BCUT2D eigenvalue weighted by Crippen LogP contribution is 2.23. The summed E-state index contributed by atoms with van der Waals surface area (Å²) in [5.41, 5.74) is 0. The van der Waals surface area contributed by atoms with Crippen LogP contribution in [0.25, 0.3) is 0 Å². The smallest absolute Gasteiger partial charge is 0.330 e. The number of carbonyl (C=O) groups excluding carboxylic acids is 2. The minimum absolute atomic E-state index is 0.112. The summed E-state index contributed by atoms with van der Waals surface area (Å²) in [5, 5.41) is 0. The standard InChI is InChI=1S/C11H16O4/c1-3-11(13)15-10-6-4-5-9(7-10)14-8(2)12/h3,9-10H,1,4-7H2,2H3. The summed E-state index contributed by atoms with van der Waals surface area (Å²) >= 11 is 0. The van der Waals surface area contributed by atoms with Gasteiger partial charge in [0.25, 0.3) is 0 Å². The van der Waals surface area contributed by atoms with Crippen LogP contribution in [0, 0.1) is 0 Å². The summed E-state index contributed by atoms with van der Waals surface area (Å²) in [7, 11) is 0. The molecule has 1 aliphatic rings. The first-order valence-electron chi connectivity index (χ1n) is 5.12. The van der Waals surface area contributed by atoms with E-state index in [9.17, 15) is 9.59 Å². The average molecular weight is 212 g/mol. The van der Waals surface area contributed by atoms with Crippen LogP contribution in [0.2, 0.25) is 0 Å². The molecule has 0 bridgehead atoms. The molecule has 15 heavy (non-hydrogen) atoms. The first-order valence-corrected chi connectivity index (χ1v) is 5.12. The summed E-state index contributed by atoms with van der Waals surface area (Å²) in [4.78, 5) is 21.7. The number of rotatable bonds is 3. The van der Waals surface area contributed by atoms with Gasteiger partial charge in [0, 0.05) is 19.4 Å². The van der Waals surface area contributed by atoms with Gasteiger partial charge in [0.1, 0.15) is 12.2 Å². The van der Waals surface area contributed by atoms with Gasteiger partial charge in [-0.3, -0.25) is 4.79 Å². The molecule has 2 unspecified atom stereocenters. The van der Waals surface area contributed by atoms with Crippen LogP contribution in [-0.4, -0.2) is 24.1 Å². The molecule has 0 amide bonds. The minimum atomic E-state index is -0.413. The van der Waals surface area contributed by atoms with E-state index in [-0.39, 0.29) is 18.2 Å². The molecular formula is C11H16O4. The highest BCUT2D eigenvalue weighted by Gasteiger charge is 2.25. The van der Waals surface area contributed by atoms with E-state index < -0.39 is 5.97 Å². The predicted molar refractivity (Wildman–Crippen MR) is 54.1 cm³/mol. The Morgan fingerprint density at radius 1 is 1.27 bits per heavy atom. The van der Waals surface area contributed by atoms with E-state index in [2.05, 4.69) is 6.58 Å². The lowest BCUT2D eigenvalue weighted by atomic mass is 9.95. The third kappa shape index (κ3) is 4.14. The highest BCUT2D eigenvalue weighted by atomic mass is 16.6. The topological polar surface area (TPSA) is 52.6 Å². The number of carbonyl (C=O) groups is 2. The van der Waals surface area contributed by atoms with E-state index in [1.807, 2.05) is 0 Å². The summed E-state index contributed by atoms with van der Waals surface area (Å²) in [6.45, 7) is 4.72. The predicted octanol–water partition coefficient (Wildman–Crippen LogP) is 1.59. The van der Waals surface area contributed by atoms with Gasteiger partial charge in [-0.1, -0.05) is 6.58 Å². The molecule has 0 N–H and O–H groups in total. The normalized spacial score (nSPS) is 25.4. The van der Waals surface area contributed by atoms with Crippen LogP contribution in [0.3, 0.4) is 0 Å². The van der Waals surface area contributed by atoms with Crippen molar-refractivity contribution in [3.05, 3.63) is 12.7 Å². The molecule has 1 aliphatic carbocycles. The van der Waals surface area contributed by atoms with Crippen molar-refractivity contribution in [1.29, 1.82) is 0 Å². The quantitative estimate of drug-likeness (QED) is 0.526. The first kappa shape index (κ1) is 11.8. The van der Waals surface area contributed by atoms with Crippen molar-refractivity contribution in [3.63, 3.8) is 0 Å². The molecule has 1 fully saturated rings. The number of esters is 2.